The highest BCUT2D eigenvalue weighted by Gasteiger charge is 2.13. The van der Waals surface area contributed by atoms with E-state index in [1.54, 1.807) is 6.20 Å². The number of anilines is 1. The number of rotatable bonds is 4. The quantitative estimate of drug-likeness (QED) is 0.650. The predicted octanol–water partition coefficient (Wildman–Crippen LogP) is 2.31. The zero-order valence-corrected chi connectivity index (χ0v) is 11.2. The van der Waals surface area contributed by atoms with Crippen molar-refractivity contribution in [3.63, 3.8) is 0 Å². The molecule has 0 saturated heterocycles. The summed E-state index contributed by atoms with van der Waals surface area (Å²) in [6.07, 6.45) is 1.75. The maximum Gasteiger partial charge on any atom is 0.139 e. The summed E-state index contributed by atoms with van der Waals surface area (Å²) in [7, 11) is 1.96. The van der Waals surface area contributed by atoms with Gasteiger partial charge in [-0.1, -0.05) is 30.3 Å². The van der Waals surface area contributed by atoms with Crippen LogP contribution in [0.15, 0.2) is 42.6 Å². The lowest BCUT2D eigenvalue weighted by Gasteiger charge is -2.22. The molecule has 0 aliphatic rings. The Morgan fingerprint density at radius 2 is 1.95 bits per heavy atom. The molecule has 4 nitrogen and oxygen atoms in total. The van der Waals surface area contributed by atoms with Gasteiger partial charge in [0.25, 0.3) is 0 Å². The number of benzene rings is 1. The lowest BCUT2D eigenvalue weighted by molar-refractivity contribution is 0.893. The van der Waals surface area contributed by atoms with E-state index in [9.17, 15) is 0 Å². The minimum Gasteiger partial charge on any atom is -0.384 e. The number of nitrogens with one attached hydrogen (secondary N) is 1. The number of nitrogens with two attached hydrogens (primary N) is 1. The van der Waals surface area contributed by atoms with Crippen molar-refractivity contribution < 1.29 is 0 Å². The largest absolute Gasteiger partial charge is 0.384 e. The molecule has 98 valence electrons. The van der Waals surface area contributed by atoms with Gasteiger partial charge in [0.1, 0.15) is 11.7 Å². The van der Waals surface area contributed by atoms with E-state index >= 15 is 0 Å². The summed E-state index contributed by atoms with van der Waals surface area (Å²) in [5, 5.41) is 7.70. The van der Waals surface area contributed by atoms with Gasteiger partial charge in [-0.15, -0.1) is 0 Å². The molecule has 0 spiro atoms. The number of nitrogen functional groups attached to an aromatic ring is 1. The Balaban J connectivity index is 2.31. The molecule has 1 heterocycles. The van der Waals surface area contributed by atoms with Crippen molar-refractivity contribution in [2.24, 2.45) is 5.73 Å². The van der Waals surface area contributed by atoms with Crippen molar-refractivity contribution in [2.75, 3.05) is 11.9 Å². The first-order valence-electron chi connectivity index (χ1n) is 6.14. The van der Waals surface area contributed by atoms with E-state index in [-0.39, 0.29) is 5.84 Å². The normalized spacial score (nSPS) is 10.2. The smallest absolute Gasteiger partial charge is 0.139 e. The molecule has 3 N–H and O–H groups in total. The summed E-state index contributed by atoms with van der Waals surface area (Å²) >= 11 is 0. The Morgan fingerprint density at radius 1 is 1.26 bits per heavy atom. The predicted molar refractivity (Wildman–Crippen MR) is 78.5 cm³/mol. The van der Waals surface area contributed by atoms with Gasteiger partial charge in [-0.05, 0) is 24.1 Å². The second-order valence-electron chi connectivity index (χ2n) is 4.58. The zero-order valence-electron chi connectivity index (χ0n) is 11.2. The van der Waals surface area contributed by atoms with Crippen LogP contribution in [0.5, 0.6) is 0 Å². The molecule has 0 bridgehead atoms. The minimum atomic E-state index is 0.0560. The minimum absolute atomic E-state index is 0.0560. The number of nitrogens with zero attached hydrogens (tertiary/aromatic N) is 2. The third kappa shape index (κ3) is 2.91. The summed E-state index contributed by atoms with van der Waals surface area (Å²) in [4.78, 5) is 6.37. The number of aromatic nitrogens is 1. The Kier molecular flexibility index (Phi) is 3.80. The molecule has 0 unspecified atom stereocenters. The fraction of sp³-hybridized carbons (Fsp3) is 0.200. The van der Waals surface area contributed by atoms with E-state index < -0.39 is 0 Å². The highest BCUT2D eigenvalue weighted by atomic mass is 15.2. The SMILES string of the molecule is Cc1ccnc(N(C)Cc2ccccc2)c1C(=N)N. The first-order chi connectivity index (χ1) is 9.09. The van der Waals surface area contributed by atoms with E-state index in [1.807, 2.05) is 43.1 Å². The van der Waals surface area contributed by atoms with Gasteiger partial charge in [0, 0.05) is 19.8 Å². The summed E-state index contributed by atoms with van der Waals surface area (Å²) in [5.74, 6) is 0.803. The molecule has 0 fully saturated rings. The number of pyridine rings is 1. The lowest BCUT2D eigenvalue weighted by Crippen LogP contribution is -2.24. The van der Waals surface area contributed by atoms with Crippen molar-refractivity contribution in [1.82, 2.24) is 4.98 Å². The molecule has 0 atom stereocenters. The van der Waals surface area contributed by atoms with Crippen LogP contribution in [-0.2, 0) is 6.54 Å². The molecule has 0 amide bonds. The van der Waals surface area contributed by atoms with Crippen molar-refractivity contribution in [3.05, 3.63) is 59.3 Å². The van der Waals surface area contributed by atoms with Crippen LogP contribution in [0.25, 0.3) is 0 Å². The first kappa shape index (κ1) is 13.1. The highest BCUT2D eigenvalue weighted by Crippen LogP contribution is 2.20. The molecule has 0 radical (unpaired) electrons. The first-order valence-corrected chi connectivity index (χ1v) is 6.14. The second kappa shape index (κ2) is 5.52. The fourth-order valence-corrected chi connectivity index (χ4v) is 2.10. The van der Waals surface area contributed by atoms with E-state index in [0.717, 1.165) is 17.9 Å². The molecule has 2 aromatic rings. The molecule has 1 aromatic heterocycles. The lowest BCUT2D eigenvalue weighted by atomic mass is 10.1. The van der Waals surface area contributed by atoms with Gasteiger partial charge in [-0.3, -0.25) is 5.41 Å². The summed E-state index contributed by atoms with van der Waals surface area (Å²) < 4.78 is 0. The summed E-state index contributed by atoms with van der Waals surface area (Å²) in [6, 6.07) is 12.0. The number of hydrogen-bond donors (Lipinski definition) is 2. The van der Waals surface area contributed by atoms with Crippen molar-refractivity contribution in [2.45, 2.75) is 13.5 Å². The molecule has 4 heteroatoms. The topological polar surface area (TPSA) is 66.0 Å². The van der Waals surface area contributed by atoms with Gasteiger partial charge >= 0.3 is 0 Å². The average Bonchev–Trinajstić information content (AvgIpc) is 2.39. The molecular formula is C15H18N4. The van der Waals surface area contributed by atoms with E-state index in [4.69, 9.17) is 11.1 Å². The van der Waals surface area contributed by atoms with Crippen LogP contribution in [0, 0.1) is 12.3 Å². The fourth-order valence-electron chi connectivity index (χ4n) is 2.10. The standard InChI is InChI=1S/C15H18N4/c1-11-8-9-18-15(13(11)14(16)17)19(2)10-12-6-4-3-5-7-12/h3-9H,10H2,1-2H3,(H3,16,17). The molecular weight excluding hydrogens is 236 g/mol. The van der Waals surface area contributed by atoms with Crippen LogP contribution < -0.4 is 10.6 Å². The van der Waals surface area contributed by atoms with E-state index in [1.165, 1.54) is 5.56 Å². The Morgan fingerprint density at radius 3 is 2.58 bits per heavy atom. The molecule has 0 aliphatic heterocycles. The van der Waals surface area contributed by atoms with Gasteiger partial charge in [0.2, 0.25) is 0 Å². The third-order valence-electron chi connectivity index (χ3n) is 3.03. The van der Waals surface area contributed by atoms with Crippen molar-refractivity contribution >= 4 is 11.7 Å². The van der Waals surface area contributed by atoms with Gasteiger partial charge in [-0.2, -0.15) is 0 Å². The average molecular weight is 254 g/mol. The van der Waals surface area contributed by atoms with Crippen LogP contribution in [0.2, 0.25) is 0 Å². The zero-order chi connectivity index (χ0) is 13.8. The van der Waals surface area contributed by atoms with Gasteiger partial charge in [0.15, 0.2) is 0 Å². The van der Waals surface area contributed by atoms with Crippen LogP contribution in [-0.4, -0.2) is 17.9 Å². The maximum absolute atomic E-state index is 7.70. The van der Waals surface area contributed by atoms with Crippen molar-refractivity contribution in [3.8, 4) is 0 Å². The van der Waals surface area contributed by atoms with Crippen LogP contribution in [0.4, 0.5) is 5.82 Å². The third-order valence-corrected chi connectivity index (χ3v) is 3.03. The Labute approximate surface area is 113 Å². The van der Waals surface area contributed by atoms with E-state index in [2.05, 4.69) is 17.1 Å². The van der Waals surface area contributed by atoms with Crippen LogP contribution in [0.1, 0.15) is 16.7 Å². The molecule has 0 aliphatic carbocycles. The summed E-state index contributed by atoms with van der Waals surface area (Å²) in [6.45, 7) is 2.68. The Bertz CT molecular complexity index is 578. The monoisotopic (exact) mass is 254 g/mol. The maximum atomic E-state index is 7.70. The van der Waals surface area contributed by atoms with Crippen molar-refractivity contribution in [1.29, 1.82) is 5.41 Å². The highest BCUT2D eigenvalue weighted by molar-refractivity contribution is 6.00. The summed E-state index contributed by atoms with van der Waals surface area (Å²) in [5.41, 5.74) is 8.54. The van der Waals surface area contributed by atoms with Gasteiger partial charge in [0.05, 0.1) is 5.56 Å². The molecule has 1 aromatic carbocycles. The molecule has 19 heavy (non-hydrogen) atoms. The van der Waals surface area contributed by atoms with Crippen LogP contribution in [0.3, 0.4) is 0 Å². The number of aryl methyl sites for hydroxylation is 1. The number of hydrogen-bond acceptors (Lipinski definition) is 3. The van der Waals surface area contributed by atoms with Gasteiger partial charge in [-0.25, -0.2) is 4.98 Å². The molecule has 0 saturated carbocycles. The molecule has 2 rings (SSSR count). The van der Waals surface area contributed by atoms with Crippen LogP contribution >= 0.6 is 0 Å². The Hall–Kier alpha value is -2.36. The second-order valence-corrected chi connectivity index (χ2v) is 4.58. The van der Waals surface area contributed by atoms with E-state index in [0.29, 0.717) is 5.56 Å². The van der Waals surface area contributed by atoms with Gasteiger partial charge < -0.3 is 10.6 Å². The number of amidine groups is 1.